The predicted octanol–water partition coefficient (Wildman–Crippen LogP) is 3.20. The molecule has 0 fully saturated rings. The van der Waals surface area contributed by atoms with E-state index in [0.29, 0.717) is 12.2 Å². The summed E-state index contributed by atoms with van der Waals surface area (Å²) in [6.07, 6.45) is 3.31. The molecule has 0 unspecified atom stereocenters. The minimum atomic E-state index is -0.231. The molecule has 0 amide bonds. The van der Waals surface area contributed by atoms with Crippen LogP contribution in [0, 0.1) is 5.82 Å². The Bertz CT molecular complexity index is 522. The van der Waals surface area contributed by atoms with E-state index >= 15 is 0 Å². The first-order valence-corrected chi connectivity index (χ1v) is 6.22. The summed E-state index contributed by atoms with van der Waals surface area (Å²) < 4.78 is 13.7. The second kappa shape index (κ2) is 5.35. The van der Waals surface area contributed by atoms with Gasteiger partial charge in [0.1, 0.15) is 5.82 Å². The van der Waals surface area contributed by atoms with Crippen LogP contribution in [0.15, 0.2) is 41.1 Å². The Labute approximate surface area is 114 Å². The van der Waals surface area contributed by atoms with Crippen LogP contribution in [0.4, 0.5) is 15.8 Å². The van der Waals surface area contributed by atoms with Gasteiger partial charge in [0.05, 0.1) is 22.0 Å². The van der Waals surface area contributed by atoms with Crippen molar-refractivity contribution in [3.63, 3.8) is 0 Å². The van der Waals surface area contributed by atoms with Crippen molar-refractivity contribution >= 4 is 27.3 Å². The largest absolute Gasteiger partial charge is 0.396 e. The molecule has 1 aromatic carbocycles. The van der Waals surface area contributed by atoms with E-state index in [1.165, 1.54) is 12.1 Å². The summed E-state index contributed by atoms with van der Waals surface area (Å²) in [6, 6.07) is 6.43. The molecule has 1 heterocycles. The van der Waals surface area contributed by atoms with Gasteiger partial charge in [0.25, 0.3) is 0 Å². The van der Waals surface area contributed by atoms with Gasteiger partial charge >= 0.3 is 0 Å². The fraction of sp³-hybridized carbons (Fsp3) is 0.154. The fourth-order valence-corrected chi connectivity index (χ4v) is 2.44. The molecule has 2 rings (SSSR count). The van der Waals surface area contributed by atoms with Gasteiger partial charge in [0, 0.05) is 19.8 Å². The maximum Gasteiger partial charge on any atom is 0.123 e. The Morgan fingerprint density at radius 2 is 1.94 bits per heavy atom. The fourth-order valence-electron chi connectivity index (χ4n) is 1.79. The van der Waals surface area contributed by atoms with Gasteiger partial charge < -0.3 is 10.6 Å². The van der Waals surface area contributed by atoms with Crippen molar-refractivity contribution in [2.24, 2.45) is 0 Å². The normalized spacial score (nSPS) is 10.4. The zero-order chi connectivity index (χ0) is 13.1. The van der Waals surface area contributed by atoms with Crippen LogP contribution in [0.3, 0.4) is 0 Å². The van der Waals surface area contributed by atoms with Crippen LogP contribution in [-0.4, -0.2) is 12.0 Å². The second-order valence-electron chi connectivity index (χ2n) is 4.04. The first-order chi connectivity index (χ1) is 8.58. The lowest BCUT2D eigenvalue weighted by molar-refractivity contribution is 0.627. The van der Waals surface area contributed by atoms with Crippen molar-refractivity contribution in [2.75, 3.05) is 17.7 Å². The van der Waals surface area contributed by atoms with Crippen LogP contribution in [-0.2, 0) is 6.54 Å². The number of benzene rings is 1. The Morgan fingerprint density at radius 1 is 1.28 bits per heavy atom. The molecule has 3 nitrogen and oxygen atoms in total. The highest BCUT2D eigenvalue weighted by molar-refractivity contribution is 9.10. The number of aromatic nitrogens is 1. The first-order valence-electron chi connectivity index (χ1n) is 5.42. The highest BCUT2D eigenvalue weighted by atomic mass is 79.9. The third kappa shape index (κ3) is 2.79. The summed E-state index contributed by atoms with van der Waals surface area (Å²) in [5.41, 5.74) is 8.41. The molecule has 0 bridgehead atoms. The molecule has 0 saturated heterocycles. The number of hydrogen-bond acceptors (Lipinski definition) is 3. The maximum absolute atomic E-state index is 12.8. The lowest BCUT2D eigenvalue weighted by Crippen LogP contribution is -2.18. The summed E-state index contributed by atoms with van der Waals surface area (Å²) in [5.74, 6) is -0.231. The molecule has 5 heteroatoms. The highest BCUT2D eigenvalue weighted by Crippen LogP contribution is 2.31. The monoisotopic (exact) mass is 309 g/mol. The molecule has 2 aromatic rings. The molecule has 0 aliphatic carbocycles. The minimum Gasteiger partial charge on any atom is -0.396 e. The average Bonchev–Trinajstić information content (AvgIpc) is 2.32. The maximum atomic E-state index is 12.8. The Kier molecular flexibility index (Phi) is 3.81. The van der Waals surface area contributed by atoms with Gasteiger partial charge in [-0.1, -0.05) is 12.1 Å². The number of nitrogen functional groups attached to an aromatic ring is 1. The van der Waals surface area contributed by atoms with Crippen molar-refractivity contribution in [1.82, 2.24) is 4.98 Å². The number of hydrogen-bond donors (Lipinski definition) is 1. The quantitative estimate of drug-likeness (QED) is 0.946. The van der Waals surface area contributed by atoms with E-state index in [-0.39, 0.29) is 5.82 Å². The molecule has 1 aromatic heterocycles. The van der Waals surface area contributed by atoms with E-state index < -0.39 is 0 Å². The van der Waals surface area contributed by atoms with Gasteiger partial charge in [0.15, 0.2) is 0 Å². The van der Waals surface area contributed by atoms with Crippen LogP contribution >= 0.6 is 15.9 Å². The van der Waals surface area contributed by atoms with E-state index in [1.54, 1.807) is 24.5 Å². The zero-order valence-electron chi connectivity index (χ0n) is 9.90. The molecular weight excluding hydrogens is 297 g/mol. The highest BCUT2D eigenvalue weighted by Gasteiger charge is 2.10. The Balaban J connectivity index is 2.22. The van der Waals surface area contributed by atoms with Crippen LogP contribution < -0.4 is 10.6 Å². The van der Waals surface area contributed by atoms with Gasteiger partial charge in [-0.15, -0.1) is 0 Å². The lowest BCUT2D eigenvalue weighted by Gasteiger charge is -2.22. The summed E-state index contributed by atoms with van der Waals surface area (Å²) in [6.45, 7) is 0.646. The van der Waals surface area contributed by atoms with Crippen LogP contribution in [0.5, 0.6) is 0 Å². The molecule has 94 valence electrons. The second-order valence-corrected chi connectivity index (χ2v) is 4.90. The SMILES string of the molecule is CN(Cc1ccc(F)cc1)c1c(N)cncc1Br. The Morgan fingerprint density at radius 3 is 2.56 bits per heavy atom. The molecule has 0 aliphatic heterocycles. The molecule has 0 radical (unpaired) electrons. The number of nitrogens with zero attached hydrogens (tertiary/aromatic N) is 2. The summed E-state index contributed by atoms with van der Waals surface area (Å²) in [5, 5.41) is 0. The van der Waals surface area contributed by atoms with Crippen molar-refractivity contribution in [1.29, 1.82) is 0 Å². The van der Waals surface area contributed by atoms with Crippen LogP contribution in [0.2, 0.25) is 0 Å². The number of halogens is 2. The van der Waals surface area contributed by atoms with Gasteiger partial charge in [0.2, 0.25) is 0 Å². The molecular formula is C13H13BrFN3. The summed E-state index contributed by atoms with van der Waals surface area (Å²) in [4.78, 5) is 5.99. The molecule has 0 aliphatic rings. The van der Waals surface area contributed by atoms with Crippen molar-refractivity contribution in [2.45, 2.75) is 6.54 Å². The van der Waals surface area contributed by atoms with E-state index in [0.717, 1.165) is 15.7 Å². The van der Waals surface area contributed by atoms with Gasteiger partial charge in [-0.2, -0.15) is 0 Å². The van der Waals surface area contributed by atoms with E-state index in [2.05, 4.69) is 20.9 Å². The average molecular weight is 310 g/mol. The van der Waals surface area contributed by atoms with Crippen LogP contribution in [0.1, 0.15) is 5.56 Å². The van der Waals surface area contributed by atoms with Crippen molar-refractivity contribution in [3.05, 3.63) is 52.5 Å². The van der Waals surface area contributed by atoms with Gasteiger partial charge in [-0.3, -0.25) is 4.98 Å². The van der Waals surface area contributed by atoms with E-state index in [4.69, 9.17) is 5.73 Å². The standard InChI is InChI=1S/C13H13BrFN3/c1-18(8-9-2-4-10(15)5-3-9)13-11(14)6-17-7-12(13)16/h2-7H,8,16H2,1H3. The molecule has 0 spiro atoms. The molecule has 18 heavy (non-hydrogen) atoms. The third-order valence-electron chi connectivity index (χ3n) is 2.62. The van der Waals surface area contributed by atoms with E-state index in [9.17, 15) is 4.39 Å². The molecule has 0 atom stereocenters. The minimum absolute atomic E-state index is 0.231. The first kappa shape index (κ1) is 12.8. The van der Waals surface area contributed by atoms with Crippen LogP contribution in [0.25, 0.3) is 0 Å². The smallest absolute Gasteiger partial charge is 0.123 e. The number of nitrogens with two attached hydrogens (primary N) is 1. The summed E-state index contributed by atoms with van der Waals surface area (Å²) >= 11 is 3.43. The lowest BCUT2D eigenvalue weighted by atomic mass is 10.2. The predicted molar refractivity (Wildman–Crippen MR) is 74.9 cm³/mol. The van der Waals surface area contributed by atoms with Crippen molar-refractivity contribution in [3.8, 4) is 0 Å². The number of rotatable bonds is 3. The summed E-state index contributed by atoms with van der Waals surface area (Å²) in [7, 11) is 1.93. The topological polar surface area (TPSA) is 42.1 Å². The van der Waals surface area contributed by atoms with Gasteiger partial charge in [-0.25, -0.2) is 4.39 Å². The van der Waals surface area contributed by atoms with Gasteiger partial charge in [-0.05, 0) is 33.6 Å². The number of anilines is 2. The third-order valence-corrected chi connectivity index (χ3v) is 3.20. The molecule has 0 saturated carbocycles. The van der Waals surface area contributed by atoms with E-state index in [1.807, 2.05) is 11.9 Å². The Hall–Kier alpha value is -1.62. The zero-order valence-corrected chi connectivity index (χ0v) is 11.5. The molecule has 2 N–H and O–H groups in total. The van der Waals surface area contributed by atoms with Crippen molar-refractivity contribution < 1.29 is 4.39 Å². The number of pyridine rings is 1.